The van der Waals surface area contributed by atoms with Gasteiger partial charge in [0.2, 0.25) is 5.56 Å². The van der Waals surface area contributed by atoms with Gasteiger partial charge in [-0.2, -0.15) is 10.4 Å². The van der Waals surface area contributed by atoms with E-state index in [0.717, 1.165) is 29.5 Å². The lowest BCUT2D eigenvalue weighted by molar-refractivity contribution is 0.310. The van der Waals surface area contributed by atoms with E-state index in [4.69, 9.17) is 5.26 Å². The normalized spacial score (nSPS) is 30.9. The summed E-state index contributed by atoms with van der Waals surface area (Å²) < 4.78 is 0. The molecule has 2 aromatic rings. The van der Waals surface area contributed by atoms with E-state index in [0.29, 0.717) is 35.7 Å². The van der Waals surface area contributed by atoms with Crippen molar-refractivity contribution in [3.05, 3.63) is 27.7 Å². The van der Waals surface area contributed by atoms with E-state index in [1.54, 1.807) is 6.07 Å². The van der Waals surface area contributed by atoms with Crippen LogP contribution in [-0.4, -0.2) is 15.2 Å². The number of nitriles is 1. The van der Waals surface area contributed by atoms with Gasteiger partial charge in [-0.3, -0.25) is 9.89 Å². The van der Waals surface area contributed by atoms with Crippen LogP contribution in [0.5, 0.6) is 0 Å². The average Bonchev–Trinajstić information content (AvgIpc) is 3.13. The molecule has 108 valence electrons. The summed E-state index contributed by atoms with van der Waals surface area (Å²) in [6.45, 7) is 2.00. The van der Waals surface area contributed by atoms with Crippen molar-refractivity contribution in [2.75, 3.05) is 0 Å². The Morgan fingerprint density at radius 3 is 2.95 bits per heavy atom. The molecule has 2 aromatic heterocycles. The lowest BCUT2D eigenvalue weighted by Gasteiger charge is -2.27. The Labute approximate surface area is 122 Å². The maximum atomic E-state index is 11.9. The Kier molecular flexibility index (Phi) is 2.68. The highest BCUT2D eigenvalue weighted by Crippen LogP contribution is 2.57. The third kappa shape index (κ3) is 1.82. The number of hydrogen-bond donors (Lipinski definition) is 2. The van der Waals surface area contributed by atoms with Crippen molar-refractivity contribution in [1.82, 2.24) is 15.2 Å². The first-order chi connectivity index (χ1) is 10.2. The van der Waals surface area contributed by atoms with E-state index in [1.807, 2.05) is 6.92 Å². The topological polar surface area (TPSA) is 85.3 Å². The molecule has 2 aliphatic carbocycles. The lowest BCUT2D eigenvalue weighted by Crippen LogP contribution is -2.18. The molecular formula is C16H18N4O. The molecular weight excluding hydrogens is 264 g/mol. The highest BCUT2D eigenvalue weighted by atomic mass is 16.1. The first-order valence-electron chi connectivity index (χ1n) is 7.62. The molecule has 0 spiro atoms. The summed E-state index contributed by atoms with van der Waals surface area (Å²) in [5.41, 5.74) is 2.78. The van der Waals surface area contributed by atoms with Gasteiger partial charge in [0.1, 0.15) is 0 Å². The molecule has 2 heterocycles. The van der Waals surface area contributed by atoms with Crippen LogP contribution in [0.2, 0.25) is 0 Å². The maximum Gasteiger partial charge on any atom is 0.249 e. The molecule has 2 fully saturated rings. The predicted octanol–water partition coefficient (Wildman–Crippen LogP) is 2.60. The summed E-state index contributed by atoms with van der Waals surface area (Å²) in [6, 6.07) is 4.08. The summed E-state index contributed by atoms with van der Waals surface area (Å²) >= 11 is 0. The third-order valence-electron chi connectivity index (χ3n) is 5.52. The molecule has 2 saturated carbocycles. The third-order valence-corrected chi connectivity index (χ3v) is 5.52. The van der Waals surface area contributed by atoms with Crippen LogP contribution >= 0.6 is 0 Å². The Bertz CT molecular complexity index is 797. The van der Waals surface area contributed by atoms with Crippen LogP contribution in [0, 0.1) is 36.0 Å². The summed E-state index contributed by atoms with van der Waals surface area (Å²) in [5, 5.41) is 17.2. The lowest BCUT2D eigenvalue weighted by atomic mass is 9.77. The smallest absolute Gasteiger partial charge is 0.249 e. The molecule has 2 aliphatic rings. The zero-order chi connectivity index (χ0) is 14.6. The number of aromatic amines is 2. The fraction of sp³-hybridized carbons (Fsp3) is 0.562. The molecule has 2 N–H and O–H groups in total. The second kappa shape index (κ2) is 4.45. The van der Waals surface area contributed by atoms with Crippen molar-refractivity contribution < 1.29 is 0 Å². The van der Waals surface area contributed by atoms with E-state index < -0.39 is 0 Å². The highest BCUT2D eigenvalue weighted by Gasteiger charge is 2.46. The van der Waals surface area contributed by atoms with Gasteiger partial charge in [0.15, 0.2) is 5.65 Å². The van der Waals surface area contributed by atoms with Crippen LogP contribution in [-0.2, 0) is 0 Å². The molecule has 0 aromatic carbocycles. The Hall–Kier alpha value is -2.09. The zero-order valence-corrected chi connectivity index (χ0v) is 12.0. The van der Waals surface area contributed by atoms with Gasteiger partial charge in [-0.05, 0) is 55.4 Å². The minimum atomic E-state index is -0.0691. The van der Waals surface area contributed by atoms with Crippen molar-refractivity contribution >= 4 is 11.0 Å². The van der Waals surface area contributed by atoms with E-state index in [1.165, 1.54) is 6.42 Å². The number of rotatable bonds is 2. The molecule has 4 atom stereocenters. The number of hydrogen-bond acceptors (Lipinski definition) is 3. The number of aromatic nitrogens is 3. The van der Waals surface area contributed by atoms with Crippen molar-refractivity contribution in [2.45, 2.75) is 38.5 Å². The van der Waals surface area contributed by atoms with Crippen LogP contribution in [0.4, 0.5) is 0 Å². The van der Waals surface area contributed by atoms with Gasteiger partial charge in [-0.25, -0.2) is 0 Å². The van der Waals surface area contributed by atoms with Crippen molar-refractivity contribution in [1.29, 1.82) is 5.26 Å². The number of aryl methyl sites for hydroxylation is 1. The van der Waals surface area contributed by atoms with Gasteiger partial charge in [0.25, 0.3) is 0 Å². The monoisotopic (exact) mass is 282 g/mol. The summed E-state index contributed by atoms with van der Waals surface area (Å²) in [6.07, 6.45) is 4.14. The van der Waals surface area contributed by atoms with Gasteiger partial charge in [0, 0.05) is 23.6 Å². The Balaban J connectivity index is 1.75. The van der Waals surface area contributed by atoms with Gasteiger partial charge in [-0.15, -0.1) is 0 Å². The highest BCUT2D eigenvalue weighted by molar-refractivity contribution is 5.82. The standard InChI is InChI=1S/C16H18N4O/c1-8-15-13(7-14(21)18-16(15)20-19-8)12-6-10-5-11(12)4-9(10)2-3-17/h7,9-12H,2,4-6H2,1H3,(H2,18,19,20,21)/t9-,10+,11-,12?/m0/s1. The fourth-order valence-corrected chi connectivity index (χ4v) is 4.67. The molecule has 5 heteroatoms. The van der Waals surface area contributed by atoms with Crippen LogP contribution in [0.3, 0.4) is 0 Å². The maximum absolute atomic E-state index is 11.9. The number of pyridine rings is 1. The Morgan fingerprint density at radius 1 is 1.38 bits per heavy atom. The SMILES string of the molecule is Cc1[nH]nc2[nH]c(=O)cc(C3C[C@H]4C[C@@H]3C[C@@H]4CC#N)c12. The number of nitrogens with one attached hydrogen (secondary N) is 2. The minimum Gasteiger partial charge on any atom is -0.305 e. The molecule has 5 nitrogen and oxygen atoms in total. The summed E-state index contributed by atoms with van der Waals surface area (Å²) in [7, 11) is 0. The molecule has 4 rings (SSSR count). The van der Waals surface area contributed by atoms with Gasteiger partial charge in [-0.1, -0.05) is 0 Å². The van der Waals surface area contributed by atoms with Crippen LogP contribution in [0.25, 0.3) is 11.0 Å². The molecule has 0 aliphatic heterocycles. The second-order valence-corrected chi connectivity index (χ2v) is 6.62. The van der Waals surface area contributed by atoms with Crippen molar-refractivity contribution in [2.24, 2.45) is 17.8 Å². The number of nitrogens with zero attached hydrogens (tertiary/aromatic N) is 2. The van der Waals surface area contributed by atoms with E-state index >= 15 is 0 Å². The number of fused-ring (bicyclic) bond motifs is 3. The Morgan fingerprint density at radius 2 is 2.24 bits per heavy atom. The average molecular weight is 282 g/mol. The van der Waals surface area contributed by atoms with Gasteiger partial charge >= 0.3 is 0 Å². The minimum absolute atomic E-state index is 0.0691. The van der Waals surface area contributed by atoms with Crippen LogP contribution < -0.4 is 5.56 Å². The second-order valence-electron chi connectivity index (χ2n) is 6.62. The molecule has 0 amide bonds. The van der Waals surface area contributed by atoms with E-state index in [-0.39, 0.29) is 5.56 Å². The van der Waals surface area contributed by atoms with Gasteiger partial charge in [0.05, 0.1) is 6.07 Å². The summed E-state index contributed by atoms with van der Waals surface area (Å²) in [5.74, 6) is 2.29. The first-order valence-corrected chi connectivity index (χ1v) is 7.62. The molecule has 0 saturated heterocycles. The molecule has 1 unspecified atom stereocenters. The summed E-state index contributed by atoms with van der Waals surface area (Å²) in [4.78, 5) is 14.7. The van der Waals surface area contributed by atoms with E-state index in [2.05, 4.69) is 21.3 Å². The van der Waals surface area contributed by atoms with Crippen molar-refractivity contribution in [3.8, 4) is 6.07 Å². The molecule has 0 radical (unpaired) electrons. The number of H-pyrrole nitrogens is 2. The van der Waals surface area contributed by atoms with Crippen LogP contribution in [0.15, 0.2) is 10.9 Å². The first kappa shape index (κ1) is 12.6. The van der Waals surface area contributed by atoms with E-state index in [9.17, 15) is 4.79 Å². The van der Waals surface area contributed by atoms with Gasteiger partial charge < -0.3 is 4.98 Å². The van der Waals surface area contributed by atoms with Crippen molar-refractivity contribution in [3.63, 3.8) is 0 Å². The zero-order valence-electron chi connectivity index (χ0n) is 12.0. The fourth-order valence-electron chi connectivity index (χ4n) is 4.67. The van der Waals surface area contributed by atoms with Crippen LogP contribution in [0.1, 0.15) is 42.9 Å². The molecule has 21 heavy (non-hydrogen) atoms. The quantitative estimate of drug-likeness (QED) is 0.887. The largest absolute Gasteiger partial charge is 0.305 e. The molecule has 2 bridgehead atoms. The predicted molar refractivity (Wildman–Crippen MR) is 78.7 cm³/mol.